The SMILES string of the molecule is CCCCCCN1CCC(c2coc3ccc(NS(=O)(=O)N(CCCC)CCCC)cc23)CC1. The molecule has 1 aromatic carbocycles. The Balaban J connectivity index is 1.67. The maximum atomic E-state index is 13.1. The normalized spacial score (nSPS) is 16.0. The Bertz CT molecular complexity index is 957. The smallest absolute Gasteiger partial charge is 0.301 e. The van der Waals surface area contributed by atoms with Crippen LogP contribution >= 0.6 is 0 Å². The Morgan fingerprint density at radius 1 is 0.971 bits per heavy atom. The lowest BCUT2D eigenvalue weighted by molar-refractivity contribution is 0.208. The first kappa shape index (κ1) is 27.0. The summed E-state index contributed by atoms with van der Waals surface area (Å²) in [6.07, 6.45) is 13.1. The van der Waals surface area contributed by atoms with Gasteiger partial charge in [-0.1, -0.05) is 52.9 Å². The van der Waals surface area contributed by atoms with E-state index < -0.39 is 10.2 Å². The molecule has 0 aliphatic carbocycles. The molecule has 0 saturated carbocycles. The zero-order chi connectivity index (χ0) is 24.4. The fraction of sp³-hybridized carbons (Fsp3) is 0.704. The van der Waals surface area contributed by atoms with Crippen molar-refractivity contribution in [3.05, 3.63) is 30.0 Å². The molecule has 7 heteroatoms. The molecule has 6 nitrogen and oxygen atoms in total. The van der Waals surface area contributed by atoms with E-state index in [9.17, 15) is 8.42 Å². The molecule has 0 unspecified atom stereocenters. The average molecular weight is 492 g/mol. The van der Waals surface area contributed by atoms with Gasteiger partial charge in [0.05, 0.1) is 12.0 Å². The van der Waals surface area contributed by atoms with E-state index in [0.717, 1.165) is 62.6 Å². The molecule has 0 atom stereocenters. The summed E-state index contributed by atoms with van der Waals surface area (Å²) in [5.74, 6) is 0.464. The number of nitrogens with zero attached hydrogens (tertiary/aromatic N) is 2. The van der Waals surface area contributed by atoms with Gasteiger partial charge in [0.15, 0.2) is 0 Å². The summed E-state index contributed by atoms with van der Waals surface area (Å²) in [5, 5.41) is 1.04. The summed E-state index contributed by atoms with van der Waals surface area (Å²) in [7, 11) is -3.58. The van der Waals surface area contributed by atoms with Gasteiger partial charge in [0.25, 0.3) is 0 Å². The quantitative estimate of drug-likeness (QED) is 0.280. The van der Waals surface area contributed by atoms with Gasteiger partial charge in [-0.2, -0.15) is 12.7 Å². The second kappa shape index (κ2) is 13.5. The van der Waals surface area contributed by atoms with Crippen LogP contribution in [0.5, 0.6) is 0 Å². The molecule has 1 aliphatic rings. The van der Waals surface area contributed by atoms with Crippen LogP contribution < -0.4 is 4.72 Å². The van der Waals surface area contributed by atoms with Crippen molar-refractivity contribution in [1.82, 2.24) is 9.21 Å². The van der Waals surface area contributed by atoms with E-state index in [1.165, 1.54) is 37.8 Å². The Kier molecular flexibility index (Phi) is 10.7. The minimum Gasteiger partial charge on any atom is -0.464 e. The van der Waals surface area contributed by atoms with E-state index in [0.29, 0.717) is 24.7 Å². The number of unbranched alkanes of at least 4 members (excludes halogenated alkanes) is 5. The third-order valence-electron chi connectivity index (χ3n) is 7.07. The highest BCUT2D eigenvalue weighted by molar-refractivity contribution is 7.90. The first-order valence-electron chi connectivity index (χ1n) is 13.5. The summed E-state index contributed by atoms with van der Waals surface area (Å²) in [5.41, 5.74) is 2.66. The molecule has 2 aromatic rings. The van der Waals surface area contributed by atoms with Crippen molar-refractivity contribution < 1.29 is 12.8 Å². The summed E-state index contributed by atoms with van der Waals surface area (Å²) < 4.78 is 36.5. The largest absolute Gasteiger partial charge is 0.464 e. The van der Waals surface area contributed by atoms with Gasteiger partial charge in [0.1, 0.15) is 5.58 Å². The Morgan fingerprint density at radius 3 is 2.29 bits per heavy atom. The van der Waals surface area contributed by atoms with Crippen LogP contribution in [-0.2, 0) is 10.2 Å². The van der Waals surface area contributed by atoms with Crippen molar-refractivity contribution in [1.29, 1.82) is 0 Å². The first-order chi connectivity index (χ1) is 16.5. The minimum absolute atomic E-state index is 0.464. The van der Waals surface area contributed by atoms with Gasteiger partial charge in [-0.3, -0.25) is 4.72 Å². The van der Waals surface area contributed by atoms with Crippen LogP contribution in [-0.4, -0.2) is 50.3 Å². The van der Waals surface area contributed by atoms with Gasteiger partial charge >= 0.3 is 10.2 Å². The van der Waals surface area contributed by atoms with Gasteiger partial charge in [-0.15, -0.1) is 0 Å². The number of rotatable bonds is 15. The van der Waals surface area contributed by atoms with E-state index >= 15 is 0 Å². The fourth-order valence-corrected chi connectivity index (χ4v) is 6.19. The molecule has 1 aromatic heterocycles. The number of nitrogens with one attached hydrogen (secondary N) is 1. The fourth-order valence-electron chi connectivity index (χ4n) is 4.89. The van der Waals surface area contributed by atoms with E-state index in [1.54, 1.807) is 4.31 Å². The van der Waals surface area contributed by atoms with Gasteiger partial charge in [-0.05, 0) is 75.9 Å². The standard InChI is InChI=1S/C27H45N3O3S/c1-4-7-10-11-16-29-19-14-23(15-20-29)26-22-33-27-13-12-24(21-25(26)27)28-34(31,32)30(17-8-5-2)18-9-6-3/h12-13,21-23,28H,4-11,14-20H2,1-3H3. The zero-order valence-corrected chi connectivity index (χ0v) is 22.3. The minimum atomic E-state index is -3.58. The van der Waals surface area contributed by atoms with Crippen LogP contribution in [0.3, 0.4) is 0 Å². The van der Waals surface area contributed by atoms with Crippen molar-refractivity contribution in [2.45, 2.75) is 90.9 Å². The number of fused-ring (bicyclic) bond motifs is 1. The lowest BCUT2D eigenvalue weighted by Crippen LogP contribution is -2.37. The maximum absolute atomic E-state index is 13.1. The molecular weight excluding hydrogens is 446 g/mol. The van der Waals surface area contributed by atoms with E-state index in [-0.39, 0.29) is 0 Å². The van der Waals surface area contributed by atoms with Crippen molar-refractivity contribution in [2.75, 3.05) is 37.4 Å². The summed E-state index contributed by atoms with van der Waals surface area (Å²) in [6.45, 7) is 11.0. The number of hydrogen-bond donors (Lipinski definition) is 1. The number of benzene rings is 1. The molecule has 192 valence electrons. The molecule has 0 amide bonds. The molecular formula is C27H45N3O3S. The van der Waals surface area contributed by atoms with Crippen LogP contribution in [0.4, 0.5) is 5.69 Å². The third kappa shape index (κ3) is 7.46. The summed E-state index contributed by atoms with van der Waals surface area (Å²) >= 11 is 0. The lowest BCUT2D eigenvalue weighted by atomic mass is 9.89. The predicted molar refractivity (Wildman–Crippen MR) is 143 cm³/mol. The van der Waals surface area contributed by atoms with Crippen LogP contribution in [0.15, 0.2) is 28.9 Å². The highest BCUT2D eigenvalue weighted by atomic mass is 32.2. The maximum Gasteiger partial charge on any atom is 0.301 e. The molecule has 0 radical (unpaired) electrons. The molecule has 1 aliphatic heterocycles. The Hall–Kier alpha value is -1.57. The highest BCUT2D eigenvalue weighted by Gasteiger charge is 2.25. The van der Waals surface area contributed by atoms with E-state index in [4.69, 9.17) is 4.42 Å². The summed E-state index contributed by atoms with van der Waals surface area (Å²) in [4.78, 5) is 2.59. The Morgan fingerprint density at radius 2 is 1.65 bits per heavy atom. The van der Waals surface area contributed by atoms with Crippen LogP contribution in [0.25, 0.3) is 11.0 Å². The van der Waals surface area contributed by atoms with Gasteiger partial charge in [-0.25, -0.2) is 0 Å². The number of piperidine rings is 1. The highest BCUT2D eigenvalue weighted by Crippen LogP contribution is 2.36. The van der Waals surface area contributed by atoms with Gasteiger partial charge in [0.2, 0.25) is 0 Å². The molecule has 0 spiro atoms. The van der Waals surface area contributed by atoms with Crippen molar-refractivity contribution in [3.8, 4) is 0 Å². The van der Waals surface area contributed by atoms with Crippen molar-refractivity contribution in [2.24, 2.45) is 0 Å². The number of hydrogen-bond acceptors (Lipinski definition) is 4. The number of furan rings is 1. The number of likely N-dealkylation sites (tertiary alicyclic amines) is 1. The average Bonchev–Trinajstić information content (AvgIpc) is 3.25. The van der Waals surface area contributed by atoms with Crippen LogP contribution in [0, 0.1) is 0 Å². The molecule has 1 saturated heterocycles. The molecule has 0 bridgehead atoms. The van der Waals surface area contributed by atoms with Crippen molar-refractivity contribution >= 4 is 26.9 Å². The Labute approximate surface area is 207 Å². The van der Waals surface area contributed by atoms with Gasteiger partial charge < -0.3 is 9.32 Å². The van der Waals surface area contributed by atoms with Crippen LogP contribution in [0.1, 0.15) is 96.5 Å². The molecule has 1 fully saturated rings. The number of anilines is 1. The molecule has 3 rings (SSSR count). The second-order valence-electron chi connectivity index (χ2n) is 9.79. The molecule has 2 heterocycles. The molecule has 1 N–H and O–H groups in total. The van der Waals surface area contributed by atoms with Crippen molar-refractivity contribution in [3.63, 3.8) is 0 Å². The monoisotopic (exact) mass is 491 g/mol. The zero-order valence-electron chi connectivity index (χ0n) is 21.5. The topological polar surface area (TPSA) is 65.8 Å². The third-order valence-corrected chi connectivity index (χ3v) is 8.61. The first-order valence-corrected chi connectivity index (χ1v) is 14.9. The van der Waals surface area contributed by atoms with Crippen LogP contribution in [0.2, 0.25) is 0 Å². The van der Waals surface area contributed by atoms with E-state index in [2.05, 4.69) is 30.4 Å². The second-order valence-corrected chi connectivity index (χ2v) is 11.5. The van der Waals surface area contributed by atoms with E-state index in [1.807, 2.05) is 24.5 Å². The lowest BCUT2D eigenvalue weighted by Gasteiger charge is -2.31. The predicted octanol–water partition coefficient (Wildman–Crippen LogP) is 6.75. The molecule has 34 heavy (non-hydrogen) atoms. The van der Waals surface area contributed by atoms with Gasteiger partial charge in [0, 0.05) is 24.0 Å². The summed E-state index contributed by atoms with van der Waals surface area (Å²) in [6, 6.07) is 5.66.